The lowest BCUT2D eigenvalue weighted by molar-refractivity contribution is 0.291. The Bertz CT molecular complexity index is 374. The molecule has 0 aliphatic carbocycles. The van der Waals surface area contributed by atoms with Gasteiger partial charge in [-0.05, 0) is 39.0 Å². The maximum Gasteiger partial charge on any atom is 0.322 e. The van der Waals surface area contributed by atoms with Gasteiger partial charge in [-0.3, -0.25) is 0 Å². The molecule has 1 aromatic rings. The Morgan fingerprint density at radius 3 is 2.67 bits per heavy atom. The molecule has 1 N–H and O–H groups in total. The molecule has 0 bridgehead atoms. The van der Waals surface area contributed by atoms with E-state index in [4.69, 9.17) is 16.3 Å². The van der Waals surface area contributed by atoms with Crippen LogP contribution >= 0.6 is 11.6 Å². The summed E-state index contributed by atoms with van der Waals surface area (Å²) in [5, 5.41) is 3.25. The van der Waals surface area contributed by atoms with E-state index >= 15 is 0 Å². The van der Waals surface area contributed by atoms with Crippen LogP contribution in [0, 0.1) is 0 Å². The van der Waals surface area contributed by atoms with Crippen LogP contribution in [0.25, 0.3) is 0 Å². The minimum absolute atomic E-state index is 0.135. The fourth-order valence-corrected chi connectivity index (χ4v) is 1.24. The highest BCUT2D eigenvalue weighted by molar-refractivity contribution is 6.28. The average Bonchev–Trinajstić information content (AvgIpc) is 2.32. The molecule has 0 saturated carbocycles. The van der Waals surface area contributed by atoms with Gasteiger partial charge < -0.3 is 15.0 Å². The van der Waals surface area contributed by atoms with Crippen molar-refractivity contribution < 1.29 is 4.74 Å². The van der Waals surface area contributed by atoms with Crippen LogP contribution in [0.3, 0.4) is 0 Å². The van der Waals surface area contributed by atoms with Gasteiger partial charge in [-0.25, -0.2) is 0 Å². The van der Waals surface area contributed by atoms with Gasteiger partial charge in [0.1, 0.15) is 0 Å². The number of halogens is 1. The lowest BCUT2D eigenvalue weighted by Gasteiger charge is -2.19. The summed E-state index contributed by atoms with van der Waals surface area (Å²) in [5.41, 5.74) is 0. The molecular weight excluding hydrogens is 254 g/mol. The average molecular weight is 274 g/mol. The summed E-state index contributed by atoms with van der Waals surface area (Å²) in [5.74, 6) is 0.440. The standard InChI is InChI=1S/C11H20ClN5O/c1-5-6-18-11-15-9(12)14-10(16-11)13-7-8(2)17(3)4/h8H,5-7H2,1-4H3,(H,13,14,15,16). The van der Waals surface area contributed by atoms with Gasteiger partial charge in [0.15, 0.2) is 0 Å². The van der Waals surface area contributed by atoms with Gasteiger partial charge in [0.05, 0.1) is 6.61 Å². The minimum Gasteiger partial charge on any atom is -0.463 e. The van der Waals surface area contributed by atoms with Gasteiger partial charge >= 0.3 is 6.01 Å². The summed E-state index contributed by atoms with van der Waals surface area (Å²) in [4.78, 5) is 14.2. The molecule has 0 aliphatic rings. The molecule has 0 aromatic carbocycles. The zero-order valence-corrected chi connectivity index (χ0v) is 12.0. The van der Waals surface area contributed by atoms with Crippen molar-refractivity contribution >= 4 is 17.5 Å². The van der Waals surface area contributed by atoms with Gasteiger partial charge in [0, 0.05) is 12.6 Å². The Labute approximate surface area is 113 Å². The highest BCUT2D eigenvalue weighted by Crippen LogP contribution is 2.11. The molecule has 7 heteroatoms. The fraction of sp³-hybridized carbons (Fsp3) is 0.727. The van der Waals surface area contributed by atoms with E-state index in [9.17, 15) is 0 Å². The van der Waals surface area contributed by atoms with Crippen molar-refractivity contribution in [1.29, 1.82) is 0 Å². The second-order valence-electron chi connectivity index (χ2n) is 4.25. The van der Waals surface area contributed by atoms with Crippen molar-refractivity contribution in [3.63, 3.8) is 0 Å². The molecule has 0 radical (unpaired) electrons. The normalized spacial score (nSPS) is 12.6. The third-order valence-electron chi connectivity index (χ3n) is 2.46. The molecule has 0 spiro atoms. The van der Waals surface area contributed by atoms with Crippen molar-refractivity contribution in [1.82, 2.24) is 19.9 Å². The summed E-state index contributed by atoms with van der Waals surface area (Å²) in [6, 6.07) is 0.623. The molecule has 0 amide bonds. The molecule has 1 unspecified atom stereocenters. The fourth-order valence-electron chi connectivity index (χ4n) is 1.09. The van der Waals surface area contributed by atoms with Crippen molar-refractivity contribution in [3.05, 3.63) is 5.28 Å². The first-order valence-electron chi connectivity index (χ1n) is 5.97. The minimum atomic E-state index is 0.135. The number of hydrogen-bond acceptors (Lipinski definition) is 6. The first-order valence-corrected chi connectivity index (χ1v) is 6.35. The van der Waals surface area contributed by atoms with Crippen LogP contribution in [-0.2, 0) is 0 Å². The molecule has 0 fully saturated rings. The lowest BCUT2D eigenvalue weighted by atomic mass is 10.3. The monoisotopic (exact) mass is 273 g/mol. The topological polar surface area (TPSA) is 63.2 Å². The van der Waals surface area contributed by atoms with E-state index in [2.05, 4.69) is 32.1 Å². The number of likely N-dealkylation sites (N-methyl/N-ethyl adjacent to an activating group) is 1. The van der Waals surface area contributed by atoms with E-state index in [1.807, 2.05) is 21.0 Å². The molecular formula is C11H20ClN5O. The number of hydrogen-bond donors (Lipinski definition) is 1. The summed E-state index contributed by atoms with van der Waals surface area (Å²) in [6.07, 6.45) is 0.893. The van der Waals surface area contributed by atoms with Gasteiger partial charge in [-0.1, -0.05) is 6.92 Å². The molecule has 1 atom stereocenters. The number of nitrogens with one attached hydrogen (secondary N) is 1. The first-order chi connectivity index (χ1) is 8.52. The molecule has 0 aliphatic heterocycles. The Morgan fingerprint density at radius 1 is 1.33 bits per heavy atom. The number of rotatable bonds is 7. The van der Waals surface area contributed by atoms with Crippen LogP contribution < -0.4 is 10.1 Å². The zero-order chi connectivity index (χ0) is 13.5. The molecule has 1 rings (SSSR count). The second-order valence-corrected chi connectivity index (χ2v) is 4.59. The Kier molecular flexibility index (Phi) is 6.07. The van der Waals surface area contributed by atoms with Crippen molar-refractivity contribution in [2.45, 2.75) is 26.3 Å². The largest absolute Gasteiger partial charge is 0.463 e. The van der Waals surface area contributed by atoms with Crippen molar-refractivity contribution in [2.24, 2.45) is 0 Å². The number of nitrogens with zero attached hydrogens (tertiary/aromatic N) is 4. The van der Waals surface area contributed by atoms with Crippen LogP contribution in [0.4, 0.5) is 5.95 Å². The highest BCUT2D eigenvalue weighted by atomic mass is 35.5. The smallest absolute Gasteiger partial charge is 0.322 e. The van der Waals surface area contributed by atoms with Crippen molar-refractivity contribution in [3.8, 4) is 6.01 Å². The van der Waals surface area contributed by atoms with Crippen molar-refractivity contribution in [2.75, 3.05) is 32.6 Å². The predicted octanol–water partition coefficient (Wildman–Crippen LogP) is 1.68. The maximum atomic E-state index is 5.81. The molecule has 6 nitrogen and oxygen atoms in total. The third-order valence-corrected chi connectivity index (χ3v) is 2.63. The Morgan fingerprint density at radius 2 is 2.06 bits per heavy atom. The van der Waals surface area contributed by atoms with Gasteiger partial charge in [-0.2, -0.15) is 15.0 Å². The summed E-state index contributed by atoms with van der Waals surface area (Å²) >= 11 is 5.81. The zero-order valence-electron chi connectivity index (χ0n) is 11.3. The first kappa shape index (κ1) is 14.9. The van der Waals surface area contributed by atoms with Crippen LogP contribution in [0.2, 0.25) is 5.28 Å². The van der Waals surface area contributed by atoms with Crippen LogP contribution in [0.1, 0.15) is 20.3 Å². The Hall–Kier alpha value is -1.14. The predicted molar refractivity (Wildman–Crippen MR) is 72.3 cm³/mol. The summed E-state index contributed by atoms with van der Waals surface area (Å²) < 4.78 is 5.33. The quantitative estimate of drug-likeness (QED) is 0.815. The molecule has 1 aromatic heterocycles. The van der Waals surface area contributed by atoms with E-state index in [-0.39, 0.29) is 11.3 Å². The summed E-state index contributed by atoms with van der Waals surface area (Å²) in [6.45, 7) is 5.40. The van der Waals surface area contributed by atoms with E-state index < -0.39 is 0 Å². The number of aromatic nitrogens is 3. The molecule has 102 valence electrons. The highest BCUT2D eigenvalue weighted by Gasteiger charge is 2.08. The van der Waals surface area contributed by atoms with Crippen LogP contribution in [0.15, 0.2) is 0 Å². The third kappa shape index (κ3) is 5.01. The van der Waals surface area contributed by atoms with E-state index in [0.29, 0.717) is 18.6 Å². The SMILES string of the molecule is CCCOc1nc(Cl)nc(NCC(C)N(C)C)n1. The van der Waals surface area contributed by atoms with Gasteiger partial charge in [0.2, 0.25) is 11.2 Å². The van der Waals surface area contributed by atoms with Crippen LogP contribution in [-0.4, -0.2) is 53.1 Å². The van der Waals surface area contributed by atoms with Gasteiger partial charge in [0.25, 0.3) is 0 Å². The second kappa shape index (κ2) is 7.33. The molecule has 0 saturated heterocycles. The number of ether oxygens (including phenoxy) is 1. The maximum absolute atomic E-state index is 5.81. The molecule has 18 heavy (non-hydrogen) atoms. The Balaban J connectivity index is 2.62. The van der Waals surface area contributed by atoms with E-state index in [0.717, 1.165) is 13.0 Å². The molecule has 1 heterocycles. The van der Waals surface area contributed by atoms with E-state index in [1.54, 1.807) is 0 Å². The summed E-state index contributed by atoms with van der Waals surface area (Å²) in [7, 11) is 4.03. The number of anilines is 1. The van der Waals surface area contributed by atoms with Gasteiger partial charge in [-0.15, -0.1) is 0 Å². The van der Waals surface area contributed by atoms with E-state index in [1.165, 1.54) is 0 Å². The lowest BCUT2D eigenvalue weighted by Crippen LogP contribution is -2.32. The van der Waals surface area contributed by atoms with Crippen LogP contribution in [0.5, 0.6) is 6.01 Å².